The normalized spacial score (nSPS) is 17.6. The maximum atomic E-state index is 13.6. The van der Waals surface area contributed by atoms with Gasteiger partial charge in [0.1, 0.15) is 0 Å². The Morgan fingerprint density at radius 2 is 1.62 bits per heavy atom. The number of nitrogens with one attached hydrogen (secondary N) is 1. The average molecular weight is 579 g/mol. The monoisotopic (exact) mass is 577 g/mol. The Balaban J connectivity index is 1.26. The van der Waals surface area contributed by atoms with E-state index in [9.17, 15) is 9.59 Å². The summed E-state index contributed by atoms with van der Waals surface area (Å²) < 4.78 is 0. The fourth-order valence-electron chi connectivity index (χ4n) is 6.10. The molecule has 6 rings (SSSR count). The highest BCUT2D eigenvalue weighted by Gasteiger charge is 2.26. The number of likely N-dealkylation sites (tertiary alicyclic amines) is 1. The number of piperidine rings is 1. The van der Waals surface area contributed by atoms with Crippen LogP contribution in [-0.4, -0.2) is 84.4 Å². The molecule has 9 heteroatoms. The summed E-state index contributed by atoms with van der Waals surface area (Å²) in [7, 11) is 2.19. The van der Waals surface area contributed by atoms with Gasteiger partial charge in [-0.1, -0.05) is 29.3 Å². The van der Waals surface area contributed by atoms with Gasteiger partial charge in [-0.05, 0) is 92.5 Å². The van der Waals surface area contributed by atoms with E-state index in [1.807, 2.05) is 35.2 Å². The van der Waals surface area contributed by atoms with Crippen LogP contribution >= 0.6 is 23.2 Å². The third-order valence-corrected chi connectivity index (χ3v) is 9.23. The summed E-state index contributed by atoms with van der Waals surface area (Å²) in [5.74, 6) is 0.251. The molecule has 40 heavy (non-hydrogen) atoms. The number of amides is 2. The van der Waals surface area contributed by atoms with E-state index in [1.54, 1.807) is 18.2 Å². The number of carbonyl (C=O) groups is 2. The number of hydrogen-bond donors (Lipinski definition) is 2. The molecule has 0 spiro atoms. The van der Waals surface area contributed by atoms with Gasteiger partial charge in [0.15, 0.2) is 0 Å². The number of rotatable bonds is 5. The van der Waals surface area contributed by atoms with Crippen LogP contribution in [0.25, 0.3) is 32.9 Å². The molecule has 3 N–H and O–H groups in total. The van der Waals surface area contributed by atoms with E-state index in [2.05, 4.69) is 21.8 Å². The van der Waals surface area contributed by atoms with Gasteiger partial charge in [0.25, 0.3) is 11.8 Å². The second kappa shape index (κ2) is 11.1. The molecule has 3 heterocycles. The Kier molecular flexibility index (Phi) is 7.48. The maximum Gasteiger partial charge on any atom is 0.253 e. The number of hydrogen-bond acceptors (Lipinski definition) is 4. The molecule has 2 aliphatic heterocycles. The topological polar surface area (TPSA) is 85.7 Å². The molecule has 0 saturated carbocycles. The molecule has 2 fully saturated rings. The zero-order valence-electron chi connectivity index (χ0n) is 22.6. The van der Waals surface area contributed by atoms with E-state index in [1.165, 1.54) is 25.9 Å². The first-order chi connectivity index (χ1) is 19.3. The molecule has 0 atom stereocenters. The highest BCUT2D eigenvalue weighted by molar-refractivity contribution is 6.42. The smallest absolute Gasteiger partial charge is 0.253 e. The molecule has 0 unspecified atom stereocenters. The largest absolute Gasteiger partial charge is 0.366 e. The van der Waals surface area contributed by atoms with Crippen LogP contribution in [0.15, 0.2) is 48.5 Å². The Morgan fingerprint density at radius 1 is 0.875 bits per heavy atom. The first kappa shape index (κ1) is 27.1. The second-order valence-corrected chi connectivity index (χ2v) is 12.0. The Hall–Kier alpha value is -3.10. The molecular formula is C31H33Cl2N5O2. The van der Waals surface area contributed by atoms with Crippen LogP contribution in [0.5, 0.6) is 0 Å². The summed E-state index contributed by atoms with van der Waals surface area (Å²) in [5.41, 5.74) is 9.89. The summed E-state index contributed by atoms with van der Waals surface area (Å²) in [6.45, 7) is 6.74. The number of benzene rings is 3. The fraction of sp³-hybridized carbons (Fsp3) is 0.355. The number of H-pyrrole nitrogens is 1. The van der Waals surface area contributed by atoms with Crippen LogP contribution in [0, 0.1) is 5.92 Å². The van der Waals surface area contributed by atoms with Crippen LogP contribution < -0.4 is 5.73 Å². The van der Waals surface area contributed by atoms with Gasteiger partial charge in [-0.3, -0.25) is 14.5 Å². The number of carbonyl (C=O) groups excluding carboxylic acids is 2. The summed E-state index contributed by atoms with van der Waals surface area (Å²) in [6, 6.07) is 14.8. The molecule has 0 aliphatic carbocycles. The standard InChI is InChI=1S/C31H33Cl2N5O2/c1-36-8-6-19(7-9-36)18-37-10-12-38(13-11-37)31(40)21-3-5-28-23(14-21)24-15-22(16-25(30(34)39)29(24)35-28)20-2-4-26(32)27(33)17-20/h2-5,14-17,19,35H,6-13,18H2,1H3,(H2,34,39). The van der Waals surface area contributed by atoms with Gasteiger partial charge in [0.05, 0.1) is 21.1 Å². The number of aromatic nitrogens is 1. The van der Waals surface area contributed by atoms with Crippen molar-refractivity contribution in [1.29, 1.82) is 0 Å². The Bertz CT molecular complexity index is 1600. The lowest BCUT2D eigenvalue weighted by Crippen LogP contribution is -2.50. The predicted molar refractivity (Wildman–Crippen MR) is 162 cm³/mol. The summed E-state index contributed by atoms with van der Waals surface area (Å²) in [6.07, 6.45) is 2.51. The van der Waals surface area contributed by atoms with Crippen molar-refractivity contribution in [2.45, 2.75) is 12.8 Å². The van der Waals surface area contributed by atoms with Gasteiger partial charge in [-0.15, -0.1) is 0 Å². The van der Waals surface area contributed by atoms with Gasteiger partial charge < -0.3 is 20.5 Å². The maximum absolute atomic E-state index is 13.6. The fourth-order valence-corrected chi connectivity index (χ4v) is 6.39. The van der Waals surface area contributed by atoms with Gasteiger partial charge in [-0.25, -0.2) is 0 Å². The molecule has 1 aromatic heterocycles. The molecule has 208 valence electrons. The van der Waals surface area contributed by atoms with Crippen LogP contribution in [-0.2, 0) is 0 Å². The minimum absolute atomic E-state index is 0.0333. The highest BCUT2D eigenvalue weighted by Crippen LogP contribution is 2.35. The van der Waals surface area contributed by atoms with Gasteiger partial charge >= 0.3 is 0 Å². The van der Waals surface area contributed by atoms with Crippen LogP contribution in [0.3, 0.4) is 0 Å². The first-order valence-electron chi connectivity index (χ1n) is 13.8. The zero-order chi connectivity index (χ0) is 28.0. The van der Waals surface area contributed by atoms with Gasteiger partial charge in [0, 0.05) is 54.6 Å². The van der Waals surface area contributed by atoms with E-state index in [4.69, 9.17) is 28.9 Å². The van der Waals surface area contributed by atoms with Gasteiger partial charge in [-0.2, -0.15) is 0 Å². The summed E-state index contributed by atoms with van der Waals surface area (Å²) in [5, 5.41) is 2.58. The lowest BCUT2D eigenvalue weighted by atomic mass is 9.96. The minimum atomic E-state index is -0.534. The van der Waals surface area contributed by atoms with Crippen molar-refractivity contribution < 1.29 is 9.59 Å². The molecule has 0 bridgehead atoms. The second-order valence-electron chi connectivity index (χ2n) is 11.2. The molecule has 3 aromatic carbocycles. The molecule has 2 aliphatic rings. The lowest BCUT2D eigenvalue weighted by molar-refractivity contribution is 0.0594. The van der Waals surface area contributed by atoms with Crippen molar-refractivity contribution in [2.75, 3.05) is 52.9 Å². The molecule has 2 amide bonds. The SMILES string of the molecule is CN1CCC(CN2CCN(C(=O)c3ccc4[nH]c5c(C(N)=O)cc(-c6ccc(Cl)c(Cl)c6)cc5c4c3)CC2)CC1. The van der Waals surface area contributed by atoms with Gasteiger partial charge in [0.2, 0.25) is 0 Å². The molecule has 0 radical (unpaired) electrons. The number of halogens is 2. The predicted octanol–water partition coefficient (Wildman–Crippen LogP) is 5.49. The summed E-state index contributed by atoms with van der Waals surface area (Å²) in [4.78, 5) is 36.2. The number of piperazine rings is 1. The third-order valence-electron chi connectivity index (χ3n) is 8.49. The van der Waals surface area contributed by atoms with Crippen LogP contribution in [0.4, 0.5) is 0 Å². The zero-order valence-corrected chi connectivity index (χ0v) is 24.1. The van der Waals surface area contributed by atoms with Crippen LogP contribution in [0.1, 0.15) is 33.6 Å². The van der Waals surface area contributed by atoms with Crippen molar-refractivity contribution in [3.63, 3.8) is 0 Å². The van der Waals surface area contributed by atoms with E-state index in [-0.39, 0.29) is 5.91 Å². The molecule has 4 aromatic rings. The van der Waals surface area contributed by atoms with E-state index >= 15 is 0 Å². The number of fused-ring (bicyclic) bond motifs is 3. The average Bonchev–Trinajstić information content (AvgIpc) is 3.33. The third kappa shape index (κ3) is 5.31. The number of nitrogens with zero attached hydrogens (tertiary/aromatic N) is 3. The quantitative estimate of drug-likeness (QED) is 0.328. The Morgan fingerprint density at radius 3 is 2.33 bits per heavy atom. The van der Waals surface area contributed by atoms with E-state index in [0.717, 1.165) is 66.1 Å². The van der Waals surface area contributed by atoms with Crippen molar-refractivity contribution in [3.8, 4) is 11.1 Å². The first-order valence-corrected chi connectivity index (χ1v) is 14.6. The highest BCUT2D eigenvalue weighted by atomic mass is 35.5. The van der Waals surface area contributed by atoms with Crippen molar-refractivity contribution in [2.24, 2.45) is 11.7 Å². The lowest BCUT2D eigenvalue weighted by Gasteiger charge is -2.38. The number of primary amides is 1. The minimum Gasteiger partial charge on any atom is -0.366 e. The molecular weight excluding hydrogens is 545 g/mol. The summed E-state index contributed by atoms with van der Waals surface area (Å²) >= 11 is 12.4. The Labute approximate surface area is 243 Å². The van der Waals surface area contributed by atoms with E-state index < -0.39 is 5.91 Å². The van der Waals surface area contributed by atoms with Crippen LogP contribution in [0.2, 0.25) is 10.0 Å². The van der Waals surface area contributed by atoms with Crippen molar-refractivity contribution >= 4 is 56.8 Å². The number of nitrogens with two attached hydrogens (primary N) is 1. The number of aromatic amines is 1. The molecule has 7 nitrogen and oxygen atoms in total. The van der Waals surface area contributed by atoms with Crippen molar-refractivity contribution in [3.05, 3.63) is 69.7 Å². The van der Waals surface area contributed by atoms with E-state index in [0.29, 0.717) is 26.7 Å². The van der Waals surface area contributed by atoms with Crippen molar-refractivity contribution in [1.82, 2.24) is 19.7 Å². The molecule has 2 saturated heterocycles.